The van der Waals surface area contributed by atoms with Crippen molar-refractivity contribution in [3.8, 4) is 0 Å². The summed E-state index contributed by atoms with van der Waals surface area (Å²) in [7, 11) is 0. The van der Waals surface area contributed by atoms with Gasteiger partial charge in [0.1, 0.15) is 0 Å². The summed E-state index contributed by atoms with van der Waals surface area (Å²) < 4.78 is 0.963. The third-order valence-electron chi connectivity index (χ3n) is 2.06. The lowest BCUT2D eigenvalue weighted by molar-refractivity contribution is 0.867. The van der Waals surface area contributed by atoms with Gasteiger partial charge in [0.15, 0.2) is 0 Å². The molecule has 1 nitrogen and oxygen atoms in total. The first-order valence-corrected chi connectivity index (χ1v) is 5.56. The van der Waals surface area contributed by atoms with E-state index in [0.717, 1.165) is 16.7 Å². The smallest absolute Gasteiger partial charge is 0.0460 e. The lowest BCUT2D eigenvalue weighted by atomic mass is 10.0. The van der Waals surface area contributed by atoms with E-state index in [0.29, 0.717) is 5.92 Å². The van der Waals surface area contributed by atoms with E-state index >= 15 is 0 Å². The molecule has 0 saturated carbocycles. The molecule has 0 atom stereocenters. The Balaban J connectivity index is 2.59. The molecule has 0 fully saturated rings. The Hall–Kier alpha value is -0.760. The van der Waals surface area contributed by atoms with Crippen molar-refractivity contribution in [3.63, 3.8) is 0 Å². The molecule has 0 aliphatic carbocycles. The minimum Gasteiger partial charge on any atom is -0.380 e. The molecule has 1 aromatic carbocycles. The van der Waals surface area contributed by atoms with Gasteiger partial charge in [-0.15, -0.1) is 0 Å². The van der Waals surface area contributed by atoms with Gasteiger partial charge in [-0.1, -0.05) is 48.5 Å². The zero-order chi connectivity index (χ0) is 10.6. The molecule has 1 rings (SSSR count). The van der Waals surface area contributed by atoms with Crippen LogP contribution in [-0.4, -0.2) is 6.54 Å². The monoisotopic (exact) mass is 253 g/mol. The van der Waals surface area contributed by atoms with Gasteiger partial charge >= 0.3 is 0 Å². The summed E-state index contributed by atoms with van der Waals surface area (Å²) in [6, 6.07) is 8.52. The highest BCUT2D eigenvalue weighted by Crippen LogP contribution is 2.17. The highest BCUT2D eigenvalue weighted by Gasteiger charge is 1.98. The van der Waals surface area contributed by atoms with Crippen LogP contribution in [0.4, 0.5) is 5.69 Å². The van der Waals surface area contributed by atoms with Crippen LogP contribution in [0.5, 0.6) is 0 Å². The van der Waals surface area contributed by atoms with Gasteiger partial charge in [-0.25, -0.2) is 0 Å². The topological polar surface area (TPSA) is 12.0 Å². The molecular formula is C12H16BrN. The average Bonchev–Trinajstić information content (AvgIpc) is 2.15. The second-order valence-corrected chi connectivity index (χ2v) is 4.77. The summed E-state index contributed by atoms with van der Waals surface area (Å²) in [6.07, 6.45) is 0. The number of benzene rings is 1. The lowest BCUT2D eigenvalue weighted by Gasteiger charge is -2.08. The summed E-state index contributed by atoms with van der Waals surface area (Å²) >= 11 is 3.31. The summed E-state index contributed by atoms with van der Waals surface area (Å²) in [5.74, 6) is 0.593. The zero-order valence-electron chi connectivity index (χ0n) is 8.68. The van der Waals surface area contributed by atoms with Gasteiger partial charge in [-0.2, -0.15) is 0 Å². The fourth-order valence-corrected chi connectivity index (χ4v) is 1.32. The second kappa shape index (κ2) is 5.20. The number of anilines is 1. The summed E-state index contributed by atoms with van der Waals surface area (Å²) in [4.78, 5) is 0. The van der Waals surface area contributed by atoms with E-state index in [1.54, 1.807) is 0 Å². The first kappa shape index (κ1) is 11.3. The van der Waals surface area contributed by atoms with Crippen molar-refractivity contribution in [1.29, 1.82) is 0 Å². The largest absolute Gasteiger partial charge is 0.380 e. The molecule has 0 saturated heterocycles. The van der Waals surface area contributed by atoms with Crippen molar-refractivity contribution < 1.29 is 0 Å². The van der Waals surface area contributed by atoms with E-state index in [1.807, 2.05) is 0 Å². The van der Waals surface area contributed by atoms with Crippen molar-refractivity contribution in [2.45, 2.75) is 19.8 Å². The van der Waals surface area contributed by atoms with Gasteiger partial charge in [-0.05, 0) is 23.6 Å². The highest BCUT2D eigenvalue weighted by molar-refractivity contribution is 9.11. The van der Waals surface area contributed by atoms with Crippen molar-refractivity contribution in [1.82, 2.24) is 0 Å². The fourth-order valence-electron chi connectivity index (χ4n) is 1.18. The van der Waals surface area contributed by atoms with Gasteiger partial charge in [-0.3, -0.25) is 0 Å². The second-order valence-electron chi connectivity index (χ2n) is 3.65. The Morgan fingerprint density at radius 1 is 1.36 bits per heavy atom. The summed E-state index contributed by atoms with van der Waals surface area (Å²) in [5, 5.41) is 3.26. The van der Waals surface area contributed by atoms with Crippen LogP contribution in [0.3, 0.4) is 0 Å². The normalized spacial score (nSPS) is 10.3. The minimum absolute atomic E-state index is 0.593. The maximum absolute atomic E-state index is 3.77. The van der Waals surface area contributed by atoms with Crippen molar-refractivity contribution >= 4 is 21.6 Å². The molecule has 0 aliphatic heterocycles. The number of rotatable bonds is 4. The molecule has 0 aromatic heterocycles. The molecule has 1 N–H and O–H groups in total. The van der Waals surface area contributed by atoms with Crippen LogP contribution >= 0.6 is 15.9 Å². The van der Waals surface area contributed by atoms with Crippen LogP contribution in [-0.2, 0) is 0 Å². The van der Waals surface area contributed by atoms with Crippen molar-refractivity contribution in [3.05, 3.63) is 40.9 Å². The van der Waals surface area contributed by atoms with Gasteiger partial charge in [0.05, 0.1) is 0 Å². The Morgan fingerprint density at radius 3 is 2.36 bits per heavy atom. The number of hydrogen-bond donors (Lipinski definition) is 1. The predicted molar refractivity (Wildman–Crippen MR) is 67.1 cm³/mol. The maximum Gasteiger partial charge on any atom is 0.0460 e. The van der Waals surface area contributed by atoms with E-state index in [1.165, 1.54) is 5.56 Å². The molecule has 0 unspecified atom stereocenters. The lowest BCUT2D eigenvalue weighted by Crippen LogP contribution is -2.00. The van der Waals surface area contributed by atoms with Crippen LogP contribution in [0, 0.1) is 0 Å². The first-order chi connectivity index (χ1) is 6.59. The van der Waals surface area contributed by atoms with Gasteiger partial charge in [0, 0.05) is 16.7 Å². The SMILES string of the molecule is C=C(Br)CNc1ccc(C(C)C)cc1. The molecule has 0 spiro atoms. The van der Waals surface area contributed by atoms with Crippen molar-refractivity contribution in [2.75, 3.05) is 11.9 Å². The molecular weight excluding hydrogens is 238 g/mol. The average molecular weight is 254 g/mol. The number of hydrogen-bond acceptors (Lipinski definition) is 1. The maximum atomic E-state index is 3.77. The Kier molecular flexibility index (Phi) is 4.21. The highest BCUT2D eigenvalue weighted by atomic mass is 79.9. The van der Waals surface area contributed by atoms with E-state index in [2.05, 4.69) is 65.9 Å². The molecule has 76 valence electrons. The standard InChI is InChI=1S/C12H16BrN/c1-9(2)11-4-6-12(7-5-11)14-8-10(3)13/h4-7,9,14H,3,8H2,1-2H3. The van der Waals surface area contributed by atoms with Crippen molar-refractivity contribution in [2.24, 2.45) is 0 Å². The molecule has 2 heteroatoms. The third kappa shape index (κ3) is 3.54. The molecule has 0 bridgehead atoms. The molecule has 0 aliphatic rings. The Morgan fingerprint density at radius 2 is 1.93 bits per heavy atom. The Bertz CT molecular complexity index is 301. The Labute approximate surface area is 94.3 Å². The van der Waals surface area contributed by atoms with Crippen LogP contribution in [0.15, 0.2) is 35.3 Å². The van der Waals surface area contributed by atoms with Crippen LogP contribution in [0.1, 0.15) is 25.3 Å². The van der Waals surface area contributed by atoms with Gasteiger partial charge in [0.2, 0.25) is 0 Å². The molecule has 1 aromatic rings. The quantitative estimate of drug-likeness (QED) is 0.851. The van der Waals surface area contributed by atoms with Crippen LogP contribution < -0.4 is 5.32 Å². The zero-order valence-corrected chi connectivity index (χ0v) is 10.3. The number of halogens is 1. The molecule has 14 heavy (non-hydrogen) atoms. The van der Waals surface area contributed by atoms with E-state index in [4.69, 9.17) is 0 Å². The number of nitrogens with one attached hydrogen (secondary N) is 1. The van der Waals surface area contributed by atoms with E-state index in [9.17, 15) is 0 Å². The fraction of sp³-hybridized carbons (Fsp3) is 0.333. The molecule has 0 radical (unpaired) electrons. The van der Waals surface area contributed by atoms with Gasteiger partial charge < -0.3 is 5.32 Å². The minimum atomic E-state index is 0.593. The van der Waals surface area contributed by atoms with Gasteiger partial charge in [0.25, 0.3) is 0 Å². The summed E-state index contributed by atoms with van der Waals surface area (Å²) in [5.41, 5.74) is 2.50. The summed E-state index contributed by atoms with van der Waals surface area (Å²) in [6.45, 7) is 8.93. The third-order valence-corrected chi connectivity index (χ3v) is 2.34. The molecule has 0 amide bonds. The van der Waals surface area contributed by atoms with Crippen LogP contribution in [0.25, 0.3) is 0 Å². The first-order valence-electron chi connectivity index (χ1n) is 4.76. The van der Waals surface area contributed by atoms with E-state index in [-0.39, 0.29) is 0 Å². The molecule has 0 heterocycles. The van der Waals surface area contributed by atoms with E-state index < -0.39 is 0 Å². The van der Waals surface area contributed by atoms with Crippen LogP contribution in [0.2, 0.25) is 0 Å². The predicted octanol–water partition coefficient (Wildman–Crippen LogP) is 4.13.